The molecule has 0 radical (unpaired) electrons. The Morgan fingerprint density at radius 1 is 1.28 bits per heavy atom. The summed E-state index contributed by atoms with van der Waals surface area (Å²) in [4.78, 5) is 14.3. The van der Waals surface area contributed by atoms with E-state index < -0.39 is 9.84 Å². The second kappa shape index (κ2) is 7.72. The van der Waals surface area contributed by atoms with Gasteiger partial charge < -0.3 is 9.73 Å². The van der Waals surface area contributed by atoms with Gasteiger partial charge in [-0.05, 0) is 42.8 Å². The summed E-state index contributed by atoms with van der Waals surface area (Å²) in [6, 6.07) is 10.7. The van der Waals surface area contributed by atoms with Crippen molar-refractivity contribution < 1.29 is 17.6 Å². The van der Waals surface area contributed by atoms with Crippen molar-refractivity contribution in [3.05, 3.63) is 52.9 Å². The summed E-state index contributed by atoms with van der Waals surface area (Å²) < 4.78 is 29.9. The molecule has 0 bridgehead atoms. The van der Waals surface area contributed by atoms with E-state index in [1.165, 1.54) is 0 Å². The lowest BCUT2D eigenvalue weighted by atomic mass is 10.2. The number of sulfone groups is 1. The number of nitrogens with one attached hydrogen (secondary N) is 1. The smallest absolute Gasteiger partial charge is 0.238 e. The van der Waals surface area contributed by atoms with Crippen molar-refractivity contribution in [2.24, 2.45) is 0 Å². The molecule has 1 aromatic carbocycles. The second-order valence-electron chi connectivity index (χ2n) is 6.10. The maximum Gasteiger partial charge on any atom is 0.238 e. The summed E-state index contributed by atoms with van der Waals surface area (Å²) in [5.41, 5.74) is 0.699. The van der Waals surface area contributed by atoms with Gasteiger partial charge in [-0.25, -0.2) is 8.42 Å². The van der Waals surface area contributed by atoms with Gasteiger partial charge in [0.1, 0.15) is 5.76 Å². The normalized spacial score (nSPS) is 19.2. The molecule has 1 aromatic heterocycles. The molecule has 2 heterocycles. The van der Waals surface area contributed by atoms with Crippen LogP contribution in [0.5, 0.6) is 0 Å². The van der Waals surface area contributed by atoms with E-state index in [0.717, 1.165) is 4.47 Å². The standard InChI is InChI=1S/C17H19BrN2O4S/c18-13-3-5-14(6-4-13)19-17(21)11-20(10-16-2-1-8-24-16)15-7-9-25(22,23)12-15/h1-6,8,15H,7,9-12H2,(H,19,21)/t15-/m0/s1. The van der Waals surface area contributed by atoms with E-state index in [0.29, 0.717) is 24.4 Å². The first-order chi connectivity index (χ1) is 11.9. The maximum absolute atomic E-state index is 12.4. The first-order valence-corrected chi connectivity index (χ1v) is 10.5. The number of rotatable bonds is 6. The molecule has 6 nitrogen and oxygen atoms in total. The average Bonchev–Trinajstić information content (AvgIpc) is 3.18. The highest BCUT2D eigenvalue weighted by Gasteiger charge is 2.33. The molecule has 8 heteroatoms. The summed E-state index contributed by atoms with van der Waals surface area (Å²) in [6.07, 6.45) is 2.11. The zero-order valence-electron chi connectivity index (χ0n) is 13.5. The number of hydrogen-bond acceptors (Lipinski definition) is 5. The van der Waals surface area contributed by atoms with Gasteiger partial charge in [0, 0.05) is 16.2 Å². The molecule has 134 valence electrons. The van der Waals surface area contributed by atoms with Gasteiger partial charge in [0.15, 0.2) is 9.84 Å². The van der Waals surface area contributed by atoms with Gasteiger partial charge in [-0.15, -0.1) is 0 Å². The van der Waals surface area contributed by atoms with Crippen LogP contribution < -0.4 is 5.32 Å². The van der Waals surface area contributed by atoms with Crippen LogP contribution in [0.3, 0.4) is 0 Å². The molecule has 25 heavy (non-hydrogen) atoms. The van der Waals surface area contributed by atoms with Gasteiger partial charge in [-0.2, -0.15) is 0 Å². The van der Waals surface area contributed by atoms with Gasteiger partial charge >= 0.3 is 0 Å². The lowest BCUT2D eigenvalue weighted by Crippen LogP contribution is -2.41. The van der Waals surface area contributed by atoms with E-state index in [2.05, 4.69) is 21.2 Å². The number of amides is 1. The van der Waals surface area contributed by atoms with Crippen LogP contribution >= 0.6 is 15.9 Å². The molecule has 2 aromatic rings. The maximum atomic E-state index is 12.4. The molecule has 1 aliphatic rings. The number of nitrogens with zero attached hydrogens (tertiary/aromatic N) is 1. The fraction of sp³-hybridized carbons (Fsp3) is 0.353. The second-order valence-corrected chi connectivity index (χ2v) is 9.24. The third-order valence-corrected chi connectivity index (χ3v) is 6.42. The Morgan fingerprint density at radius 2 is 2.04 bits per heavy atom. The minimum atomic E-state index is -3.03. The molecule has 1 amide bonds. The van der Waals surface area contributed by atoms with Gasteiger partial charge in [0.25, 0.3) is 0 Å². The number of hydrogen-bond donors (Lipinski definition) is 1. The lowest BCUT2D eigenvalue weighted by Gasteiger charge is -2.26. The molecular formula is C17H19BrN2O4S. The van der Waals surface area contributed by atoms with Crippen LogP contribution in [0, 0.1) is 0 Å². The van der Waals surface area contributed by atoms with E-state index >= 15 is 0 Å². The minimum absolute atomic E-state index is 0.0826. The molecule has 3 rings (SSSR count). The molecule has 1 fully saturated rings. The summed E-state index contributed by atoms with van der Waals surface area (Å²) in [5, 5.41) is 2.84. The average molecular weight is 427 g/mol. The quantitative estimate of drug-likeness (QED) is 0.767. The van der Waals surface area contributed by atoms with Gasteiger partial charge in [0.05, 0.1) is 30.9 Å². The third kappa shape index (κ3) is 5.17. The molecule has 0 aliphatic carbocycles. The molecule has 1 N–H and O–H groups in total. The summed E-state index contributed by atoms with van der Waals surface area (Å²) >= 11 is 3.35. The number of anilines is 1. The van der Waals surface area contributed by atoms with E-state index in [9.17, 15) is 13.2 Å². The Hall–Kier alpha value is -1.64. The van der Waals surface area contributed by atoms with E-state index in [-0.39, 0.29) is 30.0 Å². The van der Waals surface area contributed by atoms with Gasteiger partial charge in [-0.1, -0.05) is 15.9 Å². The highest BCUT2D eigenvalue weighted by Crippen LogP contribution is 2.20. The van der Waals surface area contributed by atoms with Crippen LogP contribution in [-0.2, 0) is 21.2 Å². The van der Waals surface area contributed by atoms with Gasteiger partial charge in [-0.3, -0.25) is 9.69 Å². The van der Waals surface area contributed by atoms with E-state index in [1.807, 2.05) is 23.1 Å². The number of halogens is 1. The molecule has 0 unspecified atom stereocenters. The topological polar surface area (TPSA) is 79.6 Å². The predicted octanol–water partition coefficient (Wildman–Crippen LogP) is 2.67. The van der Waals surface area contributed by atoms with Crippen LogP contribution in [-0.4, -0.2) is 43.3 Å². The zero-order valence-corrected chi connectivity index (χ0v) is 15.9. The monoisotopic (exact) mass is 426 g/mol. The SMILES string of the molecule is O=C(CN(Cc1ccco1)[C@H]1CCS(=O)(=O)C1)Nc1ccc(Br)cc1. The number of carbonyl (C=O) groups is 1. The number of benzene rings is 1. The highest BCUT2D eigenvalue weighted by molar-refractivity contribution is 9.10. The Balaban J connectivity index is 1.68. The lowest BCUT2D eigenvalue weighted by molar-refractivity contribution is -0.118. The molecule has 1 atom stereocenters. The van der Waals surface area contributed by atoms with Crippen LogP contribution in [0.2, 0.25) is 0 Å². The van der Waals surface area contributed by atoms with Crippen LogP contribution in [0.4, 0.5) is 5.69 Å². The van der Waals surface area contributed by atoms with Crippen LogP contribution in [0.15, 0.2) is 51.6 Å². The fourth-order valence-electron chi connectivity index (χ4n) is 2.90. The third-order valence-electron chi connectivity index (χ3n) is 4.14. The van der Waals surface area contributed by atoms with Crippen molar-refractivity contribution in [2.45, 2.75) is 19.0 Å². The molecule has 0 saturated carbocycles. The Bertz CT molecular complexity index is 819. The van der Waals surface area contributed by atoms with Crippen molar-refractivity contribution in [3.8, 4) is 0 Å². The van der Waals surface area contributed by atoms with Gasteiger partial charge in [0.2, 0.25) is 5.91 Å². The van der Waals surface area contributed by atoms with Crippen molar-refractivity contribution in [2.75, 3.05) is 23.4 Å². The summed E-state index contributed by atoms with van der Waals surface area (Å²) in [6.45, 7) is 0.512. The Labute approximate surface area is 155 Å². The van der Waals surface area contributed by atoms with Crippen LogP contribution in [0.1, 0.15) is 12.2 Å². The van der Waals surface area contributed by atoms with Crippen molar-refractivity contribution in [3.63, 3.8) is 0 Å². The minimum Gasteiger partial charge on any atom is -0.468 e. The fourth-order valence-corrected chi connectivity index (χ4v) is 4.92. The zero-order chi connectivity index (χ0) is 17.9. The molecule has 0 spiro atoms. The van der Waals surface area contributed by atoms with Crippen molar-refractivity contribution in [1.82, 2.24) is 4.90 Å². The first kappa shape index (κ1) is 18.2. The van der Waals surface area contributed by atoms with Crippen LogP contribution in [0.25, 0.3) is 0 Å². The summed E-state index contributed by atoms with van der Waals surface area (Å²) in [5.74, 6) is 0.777. The van der Waals surface area contributed by atoms with E-state index in [1.54, 1.807) is 24.5 Å². The molecule has 1 aliphatic heterocycles. The Morgan fingerprint density at radius 3 is 2.64 bits per heavy atom. The summed E-state index contributed by atoms with van der Waals surface area (Å²) in [7, 11) is -3.03. The molecular weight excluding hydrogens is 408 g/mol. The van der Waals surface area contributed by atoms with Crippen molar-refractivity contribution >= 4 is 37.4 Å². The number of carbonyl (C=O) groups excluding carboxylic acids is 1. The number of furan rings is 1. The Kier molecular flexibility index (Phi) is 5.61. The largest absolute Gasteiger partial charge is 0.468 e. The van der Waals surface area contributed by atoms with E-state index in [4.69, 9.17) is 4.42 Å². The highest BCUT2D eigenvalue weighted by atomic mass is 79.9. The first-order valence-electron chi connectivity index (χ1n) is 7.93. The predicted molar refractivity (Wildman–Crippen MR) is 98.9 cm³/mol. The van der Waals surface area contributed by atoms with Crippen molar-refractivity contribution in [1.29, 1.82) is 0 Å². The molecule has 1 saturated heterocycles.